The van der Waals surface area contributed by atoms with Crippen molar-refractivity contribution in [3.8, 4) is 11.3 Å². The second-order valence-electron chi connectivity index (χ2n) is 4.21. The first-order valence-electron chi connectivity index (χ1n) is 6.29. The summed E-state index contributed by atoms with van der Waals surface area (Å²) in [6.07, 6.45) is 2.38. The normalized spacial score (nSPS) is 10.3. The summed E-state index contributed by atoms with van der Waals surface area (Å²) in [6, 6.07) is 7.52. The van der Waals surface area contributed by atoms with Gasteiger partial charge in [0.05, 0.1) is 5.69 Å². The van der Waals surface area contributed by atoms with E-state index >= 15 is 0 Å². The van der Waals surface area contributed by atoms with Crippen LogP contribution in [0, 0.1) is 6.92 Å². The zero-order valence-electron chi connectivity index (χ0n) is 11.7. The Hall–Kier alpha value is -1.95. The number of nitrogens with zero attached hydrogens (tertiary/aromatic N) is 3. The molecule has 2 rings (SSSR count). The Morgan fingerprint density at radius 1 is 1.25 bits per heavy atom. The first kappa shape index (κ1) is 14.5. The average Bonchev–Trinajstić information content (AvgIpc) is 2.48. The number of hydrogen-bond donors (Lipinski definition) is 1. The quantitative estimate of drug-likeness (QED) is 0.876. The Morgan fingerprint density at radius 2 is 1.95 bits per heavy atom. The van der Waals surface area contributed by atoms with Crippen molar-refractivity contribution >= 4 is 23.4 Å². The van der Waals surface area contributed by atoms with E-state index in [1.807, 2.05) is 44.4 Å². The summed E-state index contributed by atoms with van der Waals surface area (Å²) >= 11 is 1.47. The lowest BCUT2D eigenvalue weighted by Crippen LogP contribution is -2.09. The molecular formula is C14H16N4OS. The van der Waals surface area contributed by atoms with Crippen LogP contribution in [0.25, 0.3) is 11.3 Å². The highest BCUT2D eigenvalue weighted by molar-refractivity contribution is 7.98. The highest BCUT2D eigenvalue weighted by atomic mass is 32.2. The molecule has 0 aliphatic carbocycles. The van der Waals surface area contributed by atoms with E-state index in [2.05, 4.69) is 20.5 Å². The molecule has 1 N–H and O–H groups in total. The molecule has 0 aliphatic heterocycles. The van der Waals surface area contributed by atoms with Crippen molar-refractivity contribution in [3.05, 3.63) is 30.0 Å². The van der Waals surface area contributed by atoms with Crippen LogP contribution in [0.2, 0.25) is 0 Å². The van der Waals surface area contributed by atoms with Gasteiger partial charge in [-0.05, 0) is 25.3 Å². The number of carbonyl (C=O) groups excluding carboxylic acids is 1. The molecular weight excluding hydrogens is 272 g/mol. The van der Waals surface area contributed by atoms with E-state index in [-0.39, 0.29) is 5.91 Å². The van der Waals surface area contributed by atoms with Crippen LogP contribution in [0.15, 0.2) is 29.4 Å². The molecule has 0 radical (unpaired) electrons. The topological polar surface area (TPSA) is 67.8 Å². The molecule has 0 aliphatic rings. The van der Waals surface area contributed by atoms with Gasteiger partial charge in [-0.2, -0.15) is 0 Å². The number of hydrogen-bond acceptors (Lipinski definition) is 5. The van der Waals surface area contributed by atoms with Crippen LogP contribution in [0.3, 0.4) is 0 Å². The Balaban J connectivity index is 2.23. The predicted molar refractivity (Wildman–Crippen MR) is 80.7 cm³/mol. The molecule has 0 atom stereocenters. The second-order valence-corrected chi connectivity index (χ2v) is 4.98. The third kappa shape index (κ3) is 3.33. The summed E-state index contributed by atoms with van der Waals surface area (Å²) in [6.45, 7) is 3.73. The van der Waals surface area contributed by atoms with Gasteiger partial charge in [0, 0.05) is 17.7 Å². The fraction of sp³-hybridized carbons (Fsp3) is 0.286. The molecule has 6 heteroatoms. The minimum absolute atomic E-state index is 0.000266. The lowest BCUT2D eigenvalue weighted by atomic mass is 10.1. The van der Waals surface area contributed by atoms with Crippen LogP contribution in [0.1, 0.15) is 19.0 Å². The lowest BCUT2D eigenvalue weighted by molar-refractivity contribution is -0.115. The van der Waals surface area contributed by atoms with Crippen molar-refractivity contribution in [2.75, 3.05) is 11.6 Å². The SMILES string of the molecule is CCC(=O)Nc1ccc(-c2nnc(SC)nc2C)cc1. The maximum Gasteiger partial charge on any atom is 0.224 e. The first-order valence-corrected chi connectivity index (χ1v) is 7.52. The zero-order chi connectivity index (χ0) is 14.5. The highest BCUT2D eigenvalue weighted by Gasteiger charge is 2.08. The number of aromatic nitrogens is 3. The van der Waals surface area contributed by atoms with Gasteiger partial charge in [-0.25, -0.2) is 4.98 Å². The average molecular weight is 288 g/mol. The fourth-order valence-electron chi connectivity index (χ4n) is 1.70. The predicted octanol–water partition coefficient (Wildman–Crippen LogP) is 2.92. The monoisotopic (exact) mass is 288 g/mol. The number of aryl methyl sites for hydroxylation is 1. The molecule has 0 saturated heterocycles. The summed E-state index contributed by atoms with van der Waals surface area (Å²) < 4.78 is 0. The van der Waals surface area contributed by atoms with E-state index in [1.165, 1.54) is 11.8 Å². The van der Waals surface area contributed by atoms with Gasteiger partial charge in [0.2, 0.25) is 11.1 Å². The van der Waals surface area contributed by atoms with Crippen molar-refractivity contribution in [3.63, 3.8) is 0 Å². The van der Waals surface area contributed by atoms with Gasteiger partial charge in [-0.1, -0.05) is 30.8 Å². The maximum absolute atomic E-state index is 11.3. The molecule has 0 bridgehead atoms. The maximum atomic E-state index is 11.3. The first-order chi connectivity index (χ1) is 9.63. The van der Waals surface area contributed by atoms with Crippen molar-refractivity contribution in [2.45, 2.75) is 25.4 Å². The van der Waals surface area contributed by atoms with Gasteiger partial charge in [0.1, 0.15) is 5.69 Å². The van der Waals surface area contributed by atoms with Crippen molar-refractivity contribution in [1.82, 2.24) is 15.2 Å². The summed E-state index contributed by atoms with van der Waals surface area (Å²) in [5, 5.41) is 11.7. The number of carbonyl (C=O) groups is 1. The molecule has 1 aromatic carbocycles. The van der Waals surface area contributed by atoms with Crippen LogP contribution >= 0.6 is 11.8 Å². The number of thioether (sulfide) groups is 1. The number of rotatable bonds is 4. The third-order valence-electron chi connectivity index (χ3n) is 2.79. The van der Waals surface area contributed by atoms with E-state index in [9.17, 15) is 4.79 Å². The van der Waals surface area contributed by atoms with Crippen molar-refractivity contribution in [2.24, 2.45) is 0 Å². The number of amides is 1. The van der Waals surface area contributed by atoms with E-state index in [0.29, 0.717) is 11.6 Å². The Bertz CT molecular complexity index is 613. The van der Waals surface area contributed by atoms with Crippen LogP contribution in [0.5, 0.6) is 0 Å². The van der Waals surface area contributed by atoms with Crippen LogP contribution in [0.4, 0.5) is 5.69 Å². The van der Waals surface area contributed by atoms with Crippen LogP contribution in [-0.4, -0.2) is 27.3 Å². The Kier molecular flexibility index (Phi) is 4.68. The molecule has 5 nitrogen and oxygen atoms in total. The van der Waals surface area contributed by atoms with Crippen molar-refractivity contribution < 1.29 is 4.79 Å². The largest absolute Gasteiger partial charge is 0.326 e. The fourth-order valence-corrected chi connectivity index (χ4v) is 2.05. The minimum atomic E-state index is -0.000266. The Labute approximate surface area is 122 Å². The lowest BCUT2D eigenvalue weighted by Gasteiger charge is -2.07. The van der Waals surface area contributed by atoms with Gasteiger partial charge in [0.15, 0.2) is 0 Å². The van der Waals surface area contributed by atoms with Gasteiger partial charge in [0.25, 0.3) is 0 Å². The molecule has 0 spiro atoms. The molecule has 104 valence electrons. The minimum Gasteiger partial charge on any atom is -0.326 e. The van der Waals surface area contributed by atoms with Crippen LogP contribution in [-0.2, 0) is 4.79 Å². The smallest absolute Gasteiger partial charge is 0.224 e. The summed E-state index contributed by atoms with van der Waals surface area (Å²) in [5.41, 5.74) is 3.32. The number of benzene rings is 1. The highest BCUT2D eigenvalue weighted by Crippen LogP contribution is 2.22. The molecule has 0 saturated carbocycles. The molecule has 2 aromatic rings. The number of nitrogens with one attached hydrogen (secondary N) is 1. The summed E-state index contributed by atoms with van der Waals surface area (Å²) in [7, 11) is 0. The summed E-state index contributed by atoms with van der Waals surface area (Å²) in [4.78, 5) is 15.7. The molecule has 20 heavy (non-hydrogen) atoms. The zero-order valence-corrected chi connectivity index (χ0v) is 12.5. The second kappa shape index (κ2) is 6.47. The van der Waals surface area contributed by atoms with E-state index < -0.39 is 0 Å². The van der Waals surface area contributed by atoms with Gasteiger partial charge >= 0.3 is 0 Å². The van der Waals surface area contributed by atoms with Gasteiger partial charge < -0.3 is 5.32 Å². The number of anilines is 1. The van der Waals surface area contributed by atoms with E-state index in [4.69, 9.17) is 0 Å². The van der Waals surface area contributed by atoms with Crippen molar-refractivity contribution in [1.29, 1.82) is 0 Å². The standard InChI is InChI=1S/C14H16N4OS/c1-4-12(19)16-11-7-5-10(6-8-11)13-9(2)15-14(20-3)18-17-13/h5-8H,4H2,1-3H3,(H,16,19). The van der Waals surface area contributed by atoms with Crippen LogP contribution < -0.4 is 5.32 Å². The molecule has 1 amide bonds. The Morgan fingerprint density at radius 3 is 2.50 bits per heavy atom. The van der Waals surface area contributed by atoms with Gasteiger partial charge in [-0.3, -0.25) is 4.79 Å². The third-order valence-corrected chi connectivity index (χ3v) is 3.33. The molecule has 1 heterocycles. The summed E-state index contributed by atoms with van der Waals surface area (Å²) in [5.74, 6) is -0.000266. The van der Waals surface area contributed by atoms with E-state index in [1.54, 1.807) is 0 Å². The van der Waals surface area contributed by atoms with Gasteiger partial charge in [-0.15, -0.1) is 10.2 Å². The molecule has 1 aromatic heterocycles. The molecule has 0 fully saturated rings. The molecule has 0 unspecified atom stereocenters. The van der Waals surface area contributed by atoms with E-state index in [0.717, 1.165) is 22.6 Å².